The van der Waals surface area contributed by atoms with E-state index in [0.717, 1.165) is 42.5 Å². The number of piperidine rings is 2. The minimum Gasteiger partial charge on any atom is -0.483 e. The first kappa shape index (κ1) is 35.9. The lowest BCUT2D eigenvalue weighted by atomic mass is 9.92. The number of likely N-dealkylation sites (N-methyl/N-ethyl adjacent to an activating group) is 1. The van der Waals surface area contributed by atoms with Crippen LogP contribution in [0.2, 0.25) is 5.02 Å². The van der Waals surface area contributed by atoms with E-state index in [1.165, 1.54) is 7.05 Å². The van der Waals surface area contributed by atoms with Gasteiger partial charge < -0.3 is 35.6 Å². The number of hydrogen-bond donors (Lipinski definition) is 5. The van der Waals surface area contributed by atoms with Crippen LogP contribution >= 0.6 is 11.6 Å². The molecule has 2 fully saturated rings. The Labute approximate surface area is 310 Å². The van der Waals surface area contributed by atoms with Crippen LogP contribution in [0, 0.1) is 0 Å². The molecule has 2 saturated heterocycles. The number of anilines is 5. The summed E-state index contributed by atoms with van der Waals surface area (Å²) in [6.45, 7) is 5.26. The number of rotatable bonds is 10. The molecular weight excluding hydrogens is 702 g/mol. The zero-order valence-corrected chi connectivity index (χ0v) is 30.6. The lowest BCUT2D eigenvalue weighted by molar-refractivity contribution is -0.134. The van der Waals surface area contributed by atoms with Gasteiger partial charge in [-0.15, -0.1) is 0 Å². The number of carbonyl (C=O) groups excluding carboxylic acids is 3. The number of aliphatic hydroxyl groups excluding tert-OH is 1. The van der Waals surface area contributed by atoms with Crippen molar-refractivity contribution in [3.05, 3.63) is 58.7 Å². The lowest BCUT2D eigenvalue weighted by Crippen LogP contribution is -2.45. The van der Waals surface area contributed by atoms with Gasteiger partial charge in [0, 0.05) is 62.3 Å². The number of aromatic nitrogens is 5. The number of halogens is 1. The van der Waals surface area contributed by atoms with E-state index in [-0.39, 0.29) is 42.2 Å². The Balaban J connectivity index is 1.01. The molecule has 0 spiro atoms. The van der Waals surface area contributed by atoms with E-state index in [0.29, 0.717) is 52.4 Å². The zero-order valence-electron chi connectivity index (χ0n) is 29.9. The topological polar surface area (TPSA) is 192 Å². The van der Waals surface area contributed by atoms with Crippen LogP contribution in [-0.4, -0.2) is 92.6 Å². The molecule has 0 aliphatic carbocycles. The second kappa shape index (κ2) is 14.9. The van der Waals surface area contributed by atoms with Gasteiger partial charge >= 0.3 is 0 Å². The van der Waals surface area contributed by atoms with E-state index >= 15 is 0 Å². The minimum absolute atomic E-state index is 0.107. The molecule has 1 aromatic carbocycles. The maximum atomic E-state index is 12.5. The molecule has 3 aliphatic heterocycles. The molecule has 0 radical (unpaired) electrons. The van der Waals surface area contributed by atoms with Gasteiger partial charge in [0.2, 0.25) is 17.8 Å². The number of nitrogens with zero attached hydrogens (tertiary/aromatic N) is 7. The van der Waals surface area contributed by atoms with Crippen LogP contribution in [0.3, 0.4) is 0 Å². The number of fused-ring (bicyclic) bond motifs is 2. The van der Waals surface area contributed by atoms with Crippen LogP contribution in [0.4, 0.5) is 29.0 Å². The highest BCUT2D eigenvalue weighted by atomic mass is 35.5. The summed E-state index contributed by atoms with van der Waals surface area (Å²) >= 11 is 6.53. The summed E-state index contributed by atoms with van der Waals surface area (Å²) < 4.78 is 7.47. The molecule has 278 valence electrons. The van der Waals surface area contributed by atoms with Gasteiger partial charge in [-0.05, 0) is 63.5 Å². The van der Waals surface area contributed by atoms with Gasteiger partial charge in [0.05, 0.1) is 35.2 Å². The standard InChI is InChI=1S/C36H42ClN11O5/c1-19(2)48-33-20(14-28(35(48)52)53-18-30(50)38-3)13-22(16-39-33)41-32-26(37)17-40-36(44-32)42-21-9-11-47(12-10-21)23-5-6-24-27(15-23)46(4)45-31(24)25-7-8-29(49)43-34(25)51/h5-6,13-17,19,21,25,35,52H,7-12,18H2,1-4H3,(H,38,50)(H,43,49,51)(H2,40,41,42,44). The molecule has 5 N–H and O–H groups in total. The number of amides is 3. The molecule has 7 rings (SSSR count). The third-order valence-corrected chi connectivity index (χ3v) is 10.1. The Bertz CT molecular complexity index is 2100. The van der Waals surface area contributed by atoms with E-state index in [9.17, 15) is 19.5 Å². The summed E-state index contributed by atoms with van der Waals surface area (Å²) in [6.07, 6.45) is 6.24. The van der Waals surface area contributed by atoms with Crippen molar-refractivity contribution in [2.45, 2.75) is 63.8 Å². The predicted molar refractivity (Wildman–Crippen MR) is 201 cm³/mol. The SMILES string of the molecule is CNC(=O)COC1=Cc2cc(Nc3nc(NC4CCN(c5ccc6c(C7CCC(=O)NC7=O)nn(C)c6c5)CC4)ncc3Cl)cnc2N(C(C)C)C1O. The molecule has 2 unspecified atom stereocenters. The Hall–Kier alpha value is -5.48. The van der Waals surface area contributed by atoms with Gasteiger partial charge in [-0.2, -0.15) is 10.1 Å². The Morgan fingerprint density at radius 2 is 1.92 bits per heavy atom. The van der Waals surface area contributed by atoms with Crippen molar-refractivity contribution in [2.75, 3.05) is 47.2 Å². The fraction of sp³-hybridized carbons (Fsp3) is 0.417. The molecule has 3 amide bonds. The van der Waals surface area contributed by atoms with E-state index in [1.54, 1.807) is 28.1 Å². The maximum Gasteiger partial charge on any atom is 0.257 e. The summed E-state index contributed by atoms with van der Waals surface area (Å²) in [6, 6.07) is 8.08. The van der Waals surface area contributed by atoms with Crippen molar-refractivity contribution in [3.63, 3.8) is 0 Å². The molecule has 16 nitrogen and oxygen atoms in total. The largest absolute Gasteiger partial charge is 0.483 e. The molecule has 53 heavy (non-hydrogen) atoms. The fourth-order valence-electron chi connectivity index (χ4n) is 7.02. The minimum atomic E-state index is -1.10. The Kier molecular flexibility index (Phi) is 10.1. The number of aliphatic hydroxyl groups is 1. The summed E-state index contributed by atoms with van der Waals surface area (Å²) in [5.74, 6) is 0.375. The van der Waals surface area contributed by atoms with Gasteiger partial charge in [-0.1, -0.05) is 11.6 Å². The van der Waals surface area contributed by atoms with Crippen LogP contribution in [0.25, 0.3) is 17.0 Å². The van der Waals surface area contributed by atoms with Crippen LogP contribution in [0.5, 0.6) is 0 Å². The molecule has 3 aromatic heterocycles. The first-order chi connectivity index (χ1) is 25.5. The molecule has 17 heteroatoms. The van der Waals surface area contributed by atoms with E-state index in [2.05, 4.69) is 58.4 Å². The van der Waals surface area contributed by atoms with Crippen LogP contribution in [0.15, 0.2) is 42.4 Å². The lowest BCUT2D eigenvalue weighted by Gasteiger charge is -2.37. The molecule has 4 aromatic rings. The average molecular weight is 744 g/mol. The number of ether oxygens (including phenoxy) is 1. The molecule has 2 atom stereocenters. The van der Waals surface area contributed by atoms with Crippen LogP contribution in [0.1, 0.15) is 56.7 Å². The number of aryl methyl sites for hydroxylation is 1. The number of carbonyl (C=O) groups is 3. The number of imide groups is 1. The number of nitrogens with one attached hydrogen (secondary N) is 4. The average Bonchev–Trinajstić information content (AvgIpc) is 3.47. The van der Waals surface area contributed by atoms with Crippen LogP contribution < -0.4 is 31.1 Å². The summed E-state index contributed by atoms with van der Waals surface area (Å²) in [5.41, 5.74) is 4.02. The molecule has 3 aliphatic rings. The van der Waals surface area contributed by atoms with Crippen molar-refractivity contribution in [1.82, 2.24) is 35.4 Å². The number of pyridine rings is 1. The first-order valence-electron chi connectivity index (χ1n) is 17.6. The van der Waals surface area contributed by atoms with Gasteiger partial charge in [0.1, 0.15) is 16.6 Å². The van der Waals surface area contributed by atoms with E-state index in [4.69, 9.17) is 16.3 Å². The summed E-state index contributed by atoms with van der Waals surface area (Å²) in [7, 11) is 3.40. The van der Waals surface area contributed by atoms with Gasteiger partial charge in [0.25, 0.3) is 5.91 Å². The van der Waals surface area contributed by atoms with Crippen molar-refractivity contribution in [3.8, 4) is 0 Å². The Morgan fingerprint density at radius 1 is 1.13 bits per heavy atom. The van der Waals surface area contributed by atoms with Crippen molar-refractivity contribution < 1.29 is 24.2 Å². The molecule has 0 bridgehead atoms. The molecule has 0 saturated carbocycles. The van der Waals surface area contributed by atoms with Gasteiger partial charge in [0.15, 0.2) is 18.7 Å². The quantitative estimate of drug-likeness (QED) is 0.149. The fourth-order valence-corrected chi connectivity index (χ4v) is 7.16. The van der Waals surface area contributed by atoms with Crippen LogP contribution in [-0.2, 0) is 26.2 Å². The predicted octanol–water partition coefficient (Wildman–Crippen LogP) is 3.41. The van der Waals surface area contributed by atoms with Crippen molar-refractivity contribution in [2.24, 2.45) is 7.05 Å². The molecule has 6 heterocycles. The van der Waals surface area contributed by atoms with Gasteiger partial charge in [-0.25, -0.2) is 9.97 Å². The highest BCUT2D eigenvalue weighted by Gasteiger charge is 2.33. The number of benzene rings is 1. The smallest absolute Gasteiger partial charge is 0.257 e. The third-order valence-electron chi connectivity index (χ3n) is 9.79. The second-order valence-corrected chi connectivity index (χ2v) is 14.1. The second-order valence-electron chi connectivity index (χ2n) is 13.7. The molecular formula is C36H42ClN11O5. The number of hydrogen-bond acceptors (Lipinski definition) is 13. The zero-order chi connectivity index (χ0) is 37.4. The third kappa shape index (κ3) is 7.41. The van der Waals surface area contributed by atoms with Crippen molar-refractivity contribution in [1.29, 1.82) is 0 Å². The summed E-state index contributed by atoms with van der Waals surface area (Å²) in [5, 5.41) is 28.6. The monoisotopic (exact) mass is 743 g/mol. The highest BCUT2D eigenvalue weighted by molar-refractivity contribution is 6.32. The normalized spacial score (nSPS) is 19.2. The van der Waals surface area contributed by atoms with E-state index < -0.39 is 12.1 Å². The first-order valence-corrected chi connectivity index (χ1v) is 18.0. The van der Waals surface area contributed by atoms with Gasteiger partial charge in [-0.3, -0.25) is 24.4 Å². The Morgan fingerprint density at radius 3 is 2.66 bits per heavy atom. The maximum absolute atomic E-state index is 12.5. The van der Waals surface area contributed by atoms with Crippen molar-refractivity contribution >= 4 is 75.3 Å². The summed E-state index contributed by atoms with van der Waals surface area (Å²) in [4.78, 5) is 53.8. The highest BCUT2D eigenvalue weighted by Crippen LogP contribution is 2.36. The van der Waals surface area contributed by atoms with E-state index in [1.807, 2.05) is 33.0 Å².